The summed E-state index contributed by atoms with van der Waals surface area (Å²) in [6, 6.07) is 2.71. The number of aliphatic hydroxyl groups excluding tert-OH is 1. The van der Waals surface area contributed by atoms with Gasteiger partial charge in [-0.1, -0.05) is 6.92 Å². The van der Waals surface area contributed by atoms with E-state index in [0.29, 0.717) is 30.5 Å². The predicted molar refractivity (Wildman–Crippen MR) is 58.6 cm³/mol. The third-order valence-corrected chi connectivity index (χ3v) is 2.85. The molecule has 0 spiro atoms. The molecule has 1 aliphatic heterocycles. The van der Waals surface area contributed by atoms with Crippen molar-refractivity contribution in [1.29, 1.82) is 0 Å². The van der Waals surface area contributed by atoms with Crippen LogP contribution in [0.1, 0.15) is 37.0 Å². The fourth-order valence-electron chi connectivity index (χ4n) is 1.97. The maximum Gasteiger partial charge on any atom is 0.224 e. The highest BCUT2D eigenvalue weighted by Gasteiger charge is 2.21. The zero-order valence-electron chi connectivity index (χ0n) is 9.09. The molecule has 16 heavy (non-hydrogen) atoms. The molecule has 3 nitrogen and oxygen atoms in total. The molecule has 4 heteroatoms. The van der Waals surface area contributed by atoms with E-state index < -0.39 is 6.10 Å². The summed E-state index contributed by atoms with van der Waals surface area (Å²) in [5.41, 5.74) is 1.83. The lowest BCUT2D eigenvalue weighted by Crippen LogP contribution is -2.21. The molecule has 0 fully saturated rings. The monoisotopic (exact) mass is 223 g/mol. The topological polar surface area (TPSA) is 49.3 Å². The molecule has 0 saturated carbocycles. The molecule has 0 bridgehead atoms. The maximum absolute atomic E-state index is 13.3. The molecular formula is C12H14FNO2. The molecule has 2 rings (SSSR count). The summed E-state index contributed by atoms with van der Waals surface area (Å²) in [4.78, 5) is 11.3. The second-order valence-corrected chi connectivity index (χ2v) is 4.00. The first kappa shape index (κ1) is 11.1. The average molecular weight is 223 g/mol. The van der Waals surface area contributed by atoms with Crippen LogP contribution >= 0.6 is 0 Å². The van der Waals surface area contributed by atoms with Gasteiger partial charge in [0.1, 0.15) is 5.82 Å². The van der Waals surface area contributed by atoms with Crippen LogP contribution in [0.5, 0.6) is 0 Å². The molecule has 0 saturated heterocycles. The molecule has 0 aliphatic carbocycles. The summed E-state index contributed by atoms with van der Waals surface area (Å²) < 4.78 is 13.3. The standard InChI is InChI=1S/C12H14FNO2/c1-2-10(15)9-6-8(13)5-7-3-4-11(16)14-12(7)9/h5-6,10,15H,2-4H2,1H3,(H,14,16). The molecule has 1 heterocycles. The Kier molecular flexibility index (Phi) is 2.92. The van der Waals surface area contributed by atoms with Crippen molar-refractivity contribution in [1.82, 2.24) is 0 Å². The number of rotatable bonds is 2. The predicted octanol–water partition coefficient (Wildman–Crippen LogP) is 2.15. The number of fused-ring (bicyclic) bond motifs is 1. The van der Waals surface area contributed by atoms with Crippen molar-refractivity contribution >= 4 is 11.6 Å². The Morgan fingerprint density at radius 2 is 2.25 bits per heavy atom. The summed E-state index contributed by atoms with van der Waals surface area (Å²) in [5, 5.41) is 12.5. The van der Waals surface area contributed by atoms with Crippen LogP contribution in [0.4, 0.5) is 10.1 Å². The summed E-state index contributed by atoms with van der Waals surface area (Å²) in [7, 11) is 0. The first-order valence-corrected chi connectivity index (χ1v) is 5.42. The average Bonchev–Trinajstić information content (AvgIpc) is 2.27. The number of carbonyl (C=O) groups excluding carboxylic acids is 1. The van der Waals surface area contributed by atoms with E-state index in [1.165, 1.54) is 12.1 Å². The van der Waals surface area contributed by atoms with Crippen molar-refractivity contribution in [2.45, 2.75) is 32.3 Å². The highest BCUT2D eigenvalue weighted by Crippen LogP contribution is 2.32. The van der Waals surface area contributed by atoms with E-state index in [4.69, 9.17) is 0 Å². The molecule has 1 aliphatic rings. The van der Waals surface area contributed by atoms with Gasteiger partial charge in [0, 0.05) is 17.7 Å². The van der Waals surface area contributed by atoms with E-state index in [1.807, 2.05) is 6.92 Å². The van der Waals surface area contributed by atoms with Crippen LogP contribution in [0, 0.1) is 5.82 Å². The number of nitrogens with one attached hydrogen (secondary N) is 1. The first-order valence-electron chi connectivity index (χ1n) is 5.42. The second kappa shape index (κ2) is 4.22. The van der Waals surface area contributed by atoms with Gasteiger partial charge in [-0.2, -0.15) is 0 Å². The van der Waals surface area contributed by atoms with Crippen molar-refractivity contribution in [2.75, 3.05) is 5.32 Å². The number of hydrogen-bond acceptors (Lipinski definition) is 2. The fourth-order valence-corrected chi connectivity index (χ4v) is 1.97. The quantitative estimate of drug-likeness (QED) is 0.807. The van der Waals surface area contributed by atoms with Crippen LogP contribution in [0.15, 0.2) is 12.1 Å². The molecule has 0 radical (unpaired) electrons. The van der Waals surface area contributed by atoms with Gasteiger partial charge >= 0.3 is 0 Å². The zero-order valence-corrected chi connectivity index (χ0v) is 9.09. The van der Waals surface area contributed by atoms with Crippen molar-refractivity contribution < 1.29 is 14.3 Å². The summed E-state index contributed by atoms with van der Waals surface area (Å²) in [5.74, 6) is -0.443. The maximum atomic E-state index is 13.3. The smallest absolute Gasteiger partial charge is 0.224 e. The van der Waals surface area contributed by atoms with E-state index in [0.717, 1.165) is 5.56 Å². The number of hydrogen-bond donors (Lipinski definition) is 2. The van der Waals surface area contributed by atoms with Crippen molar-refractivity contribution in [2.24, 2.45) is 0 Å². The third-order valence-electron chi connectivity index (χ3n) is 2.85. The molecule has 0 aromatic heterocycles. The van der Waals surface area contributed by atoms with E-state index in [-0.39, 0.29) is 11.7 Å². The number of aryl methyl sites for hydroxylation is 1. The largest absolute Gasteiger partial charge is 0.388 e. The minimum absolute atomic E-state index is 0.0799. The molecule has 1 unspecified atom stereocenters. The van der Waals surface area contributed by atoms with Crippen molar-refractivity contribution in [3.63, 3.8) is 0 Å². The first-order chi connectivity index (χ1) is 7.61. The lowest BCUT2D eigenvalue weighted by molar-refractivity contribution is -0.116. The third kappa shape index (κ3) is 1.93. The van der Waals surface area contributed by atoms with Crippen LogP contribution in [0.3, 0.4) is 0 Å². The molecule has 2 N–H and O–H groups in total. The molecular weight excluding hydrogens is 209 g/mol. The number of amides is 1. The number of aliphatic hydroxyl groups is 1. The number of halogens is 1. The van der Waals surface area contributed by atoms with Gasteiger partial charge in [-0.3, -0.25) is 4.79 Å². The van der Waals surface area contributed by atoms with Gasteiger partial charge in [0.05, 0.1) is 6.10 Å². The molecule has 1 aromatic carbocycles. The van der Waals surface area contributed by atoms with Gasteiger partial charge in [0.15, 0.2) is 0 Å². The van der Waals surface area contributed by atoms with Gasteiger partial charge in [0.25, 0.3) is 0 Å². The molecule has 86 valence electrons. The van der Waals surface area contributed by atoms with Gasteiger partial charge < -0.3 is 10.4 Å². The second-order valence-electron chi connectivity index (χ2n) is 4.00. The Morgan fingerprint density at radius 3 is 2.94 bits per heavy atom. The van der Waals surface area contributed by atoms with Gasteiger partial charge in [-0.05, 0) is 30.5 Å². The SMILES string of the molecule is CCC(O)c1cc(F)cc2c1NC(=O)CC2. The lowest BCUT2D eigenvalue weighted by atomic mass is 9.95. The van der Waals surface area contributed by atoms with Gasteiger partial charge in [0.2, 0.25) is 5.91 Å². The summed E-state index contributed by atoms with van der Waals surface area (Å²) in [6.07, 6.45) is 0.662. The van der Waals surface area contributed by atoms with Crippen LogP contribution in [-0.4, -0.2) is 11.0 Å². The summed E-state index contributed by atoms with van der Waals surface area (Å²) in [6.45, 7) is 1.81. The van der Waals surface area contributed by atoms with Crippen LogP contribution < -0.4 is 5.32 Å². The Labute approximate surface area is 93.3 Å². The minimum atomic E-state index is -0.733. The molecule has 1 aromatic rings. The number of benzene rings is 1. The number of anilines is 1. The molecule has 1 amide bonds. The highest BCUT2D eigenvalue weighted by molar-refractivity contribution is 5.94. The van der Waals surface area contributed by atoms with Crippen molar-refractivity contribution in [3.05, 3.63) is 29.1 Å². The zero-order chi connectivity index (χ0) is 11.7. The van der Waals surface area contributed by atoms with E-state index in [2.05, 4.69) is 5.32 Å². The van der Waals surface area contributed by atoms with E-state index >= 15 is 0 Å². The lowest BCUT2D eigenvalue weighted by Gasteiger charge is -2.22. The van der Waals surface area contributed by atoms with Crippen LogP contribution in [0.2, 0.25) is 0 Å². The van der Waals surface area contributed by atoms with Gasteiger partial charge in [-0.25, -0.2) is 4.39 Å². The Bertz CT molecular complexity index is 431. The highest BCUT2D eigenvalue weighted by atomic mass is 19.1. The Hall–Kier alpha value is -1.42. The van der Waals surface area contributed by atoms with Crippen LogP contribution in [-0.2, 0) is 11.2 Å². The van der Waals surface area contributed by atoms with Crippen LogP contribution in [0.25, 0.3) is 0 Å². The van der Waals surface area contributed by atoms with E-state index in [9.17, 15) is 14.3 Å². The Balaban J connectivity index is 2.51. The fraction of sp³-hybridized carbons (Fsp3) is 0.417. The van der Waals surface area contributed by atoms with Gasteiger partial charge in [-0.15, -0.1) is 0 Å². The number of carbonyl (C=O) groups is 1. The Morgan fingerprint density at radius 1 is 1.50 bits per heavy atom. The minimum Gasteiger partial charge on any atom is -0.388 e. The van der Waals surface area contributed by atoms with E-state index in [1.54, 1.807) is 0 Å². The summed E-state index contributed by atoms with van der Waals surface area (Å²) >= 11 is 0. The molecule has 1 atom stereocenters. The normalized spacial score (nSPS) is 16.6. The van der Waals surface area contributed by atoms with Crippen molar-refractivity contribution in [3.8, 4) is 0 Å².